The summed E-state index contributed by atoms with van der Waals surface area (Å²) in [5.41, 5.74) is 4.65. The summed E-state index contributed by atoms with van der Waals surface area (Å²) in [6, 6.07) is 10.3. The first kappa shape index (κ1) is 19.8. The van der Waals surface area contributed by atoms with Gasteiger partial charge in [0, 0.05) is 26.2 Å². The molecule has 0 saturated carbocycles. The second kappa shape index (κ2) is 8.87. The number of carbonyl (C=O) groups is 3. The lowest BCUT2D eigenvalue weighted by molar-refractivity contribution is -0.143. The molecule has 10 heteroatoms. The summed E-state index contributed by atoms with van der Waals surface area (Å²) in [5.74, 6) is 0.305. The molecule has 0 bridgehead atoms. The fourth-order valence-corrected chi connectivity index (χ4v) is 3.31. The smallest absolute Gasteiger partial charge is 0.305 e. The molecule has 4 rings (SSSR count). The van der Waals surface area contributed by atoms with Gasteiger partial charge in [0.2, 0.25) is 6.10 Å². The minimum atomic E-state index is -0.674. The number of ether oxygens (including phenoxy) is 2. The third-order valence-electron chi connectivity index (χ3n) is 4.90. The van der Waals surface area contributed by atoms with Gasteiger partial charge >= 0.3 is 5.91 Å². The Kier molecular flexibility index (Phi) is 5.84. The fourth-order valence-electron chi connectivity index (χ4n) is 3.31. The van der Waals surface area contributed by atoms with Gasteiger partial charge in [0.1, 0.15) is 6.61 Å². The van der Waals surface area contributed by atoms with Crippen LogP contribution in [0.5, 0.6) is 11.5 Å². The highest BCUT2D eigenvalue weighted by atomic mass is 16.6. The van der Waals surface area contributed by atoms with Gasteiger partial charge in [0.05, 0.1) is 12.8 Å². The van der Waals surface area contributed by atoms with Crippen LogP contribution in [0, 0.1) is 0 Å². The number of rotatable bonds is 4. The van der Waals surface area contributed by atoms with Crippen LogP contribution in [-0.2, 0) is 9.59 Å². The molecule has 1 aromatic heterocycles. The standard InChI is InChI=1S/C20H22N4O6/c25-18(21-22-19(26)16-6-3-11-28-16)12-23-7-9-24(10-8-23)20(27)17-13-29-14-4-1-2-5-15(14)30-17/h1-6,11,17H,7-10,12-13H2,(H,21,25)(H,22,26)/t17-/m0/s1. The molecule has 158 valence electrons. The predicted molar refractivity (Wildman–Crippen MR) is 104 cm³/mol. The van der Waals surface area contributed by atoms with E-state index in [0.29, 0.717) is 37.7 Å². The van der Waals surface area contributed by atoms with E-state index in [1.807, 2.05) is 17.0 Å². The molecule has 0 aliphatic carbocycles. The highest BCUT2D eigenvalue weighted by Crippen LogP contribution is 2.31. The Balaban J connectivity index is 1.20. The highest BCUT2D eigenvalue weighted by molar-refractivity contribution is 5.93. The molecule has 1 fully saturated rings. The lowest BCUT2D eigenvalue weighted by Gasteiger charge is -2.36. The molecule has 30 heavy (non-hydrogen) atoms. The SMILES string of the molecule is O=C(CN1CCN(C(=O)[C@@H]2COc3ccccc3O2)CC1)NNC(=O)c1ccco1. The molecule has 0 radical (unpaired) electrons. The van der Waals surface area contributed by atoms with Gasteiger partial charge in [-0.05, 0) is 24.3 Å². The Labute approximate surface area is 172 Å². The van der Waals surface area contributed by atoms with Crippen LogP contribution >= 0.6 is 0 Å². The summed E-state index contributed by atoms with van der Waals surface area (Å²) in [5, 5.41) is 0. The van der Waals surface area contributed by atoms with Crippen LogP contribution in [0.4, 0.5) is 0 Å². The fraction of sp³-hybridized carbons (Fsp3) is 0.350. The lowest BCUT2D eigenvalue weighted by Crippen LogP contribution is -2.56. The minimum absolute atomic E-state index is 0.108. The predicted octanol–water partition coefficient (Wildman–Crippen LogP) is 0.0248. The Morgan fingerprint density at radius 2 is 1.73 bits per heavy atom. The summed E-state index contributed by atoms with van der Waals surface area (Å²) in [7, 11) is 0. The van der Waals surface area contributed by atoms with E-state index in [1.54, 1.807) is 23.1 Å². The first-order chi connectivity index (χ1) is 14.6. The minimum Gasteiger partial charge on any atom is -0.485 e. The van der Waals surface area contributed by atoms with Gasteiger partial charge in [-0.3, -0.25) is 30.1 Å². The van der Waals surface area contributed by atoms with Crippen LogP contribution in [0.1, 0.15) is 10.6 Å². The number of fused-ring (bicyclic) bond motifs is 1. The quantitative estimate of drug-likeness (QED) is 0.679. The van der Waals surface area contributed by atoms with Gasteiger partial charge in [-0.1, -0.05) is 12.1 Å². The number of piperazine rings is 1. The van der Waals surface area contributed by atoms with Crippen LogP contribution in [-0.4, -0.2) is 73.0 Å². The number of amides is 3. The molecule has 10 nitrogen and oxygen atoms in total. The maximum Gasteiger partial charge on any atom is 0.305 e. The lowest BCUT2D eigenvalue weighted by atomic mass is 10.2. The second-order valence-corrected chi connectivity index (χ2v) is 6.95. The number of hydrogen-bond acceptors (Lipinski definition) is 7. The number of furan rings is 1. The second-order valence-electron chi connectivity index (χ2n) is 6.95. The summed E-state index contributed by atoms with van der Waals surface area (Å²) in [4.78, 5) is 40.2. The van der Waals surface area contributed by atoms with Gasteiger partial charge in [-0.25, -0.2) is 0 Å². The van der Waals surface area contributed by atoms with Crippen molar-refractivity contribution in [1.82, 2.24) is 20.7 Å². The largest absolute Gasteiger partial charge is 0.485 e. The zero-order valence-corrected chi connectivity index (χ0v) is 16.2. The van der Waals surface area contributed by atoms with Crippen molar-refractivity contribution in [2.24, 2.45) is 0 Å². The number of carbonyl (C=O) groups excluding carboxylic acids is 3. The summed E-state index contributed by atoms with van der Waals surface area (Å²) in [6.07, 6.45) is 0.701. The molecule has 2 aliphatic rings. The van der Waals surface area contributed by atoms with Crippen molar-refractivity contribution in [1.29, 1.82) is 0 Å². The van der Waals surface area contributed by atoms with Crippen molar-refractivity contribution in [2.75, 3.05) is 39.3 Å². The Bertz CT molecular complexity index is 908. The molecule has 2 aromatic rings. The maximum atomic E-state index is 12.7. The van der Waals surface area contributed by atoms with E-state index in [4.69, 9.17) is 13.9 Å². The van der Waals surface area contributed by atoms with Gasteiger partial charge in [0.25, 0.3) is 11.8 Å². The summed E-state index contributed by atoms with van der Waals surface area (Å²) >= 11 is 0. The Morgan fingerprint density at radius 3 is 2.47 bits per heavy atom. The van der Waals surface area contributed by atoms with E-state index >= 15 is 0 Å². The zero-order chi connectivity index (χ0) is 20.9. The molecule has 0 unspecified atom stereocenters. The van der Waals surface area contributed by atoms with Crippen LogP contribution in [0.2, 0.25) is 0 Å². The van der Waals surface area contributed by atoms with Crippen LogP contribution in [0.15, 0.2) is 47.1 Å². The normalized spacial score (nSPS) is 18.5. The van der Waals surface area contributed by atoms with Crippen molar-refractivity contribution >= 4 is 17.7 Å². The Morgan fingerprint density at radius 1 is 0.967 bits per heavy atom. The number of nitrogens with zero attached hydrogens (tertiary/aromatic N) is 2. The van der Waals surface area contributed by atoms with E-state index in [0.717, 1.165) is 0 Å². The van der Waals surface area contributed by atoms with Crippen LogP contribution in [0.3, 0.4) is 0 Å². The van der Waals surface area contributed by atoms with Crippen molar-refractivity contribution in [3.8, 4) is 11.5 Å². The number of hydrazine groups is 1. The Hall–Kier alpha value is -3.53. The van der Waals surface area contributed by atoms with E-state index in [9.17, 15) is 14.4 Å². The molecular formula is C20H22N4O6. The van der Waals surface area contributed by atoms with Crippen LogP contribution < -0.4 is 20.3 Å². The molecule has 1 saturated heterocycles. The van der Waals surface area contributed by atoms with Gasteiger partial charge in [-0.15, -0.1) is 0 Å². The number of para-hydroxylation sites is 2. The van der Waals surface area contributed by atoms with E-state index in [-0.39, 0.29) is 30.7 Å². The summed E-state index contributed by atoms with van der Waals surface area (Å²) < 4.78 is 16.4. The number of benzene rings is 1. The maximum absolute atomic E-state index is 12.7. The average Bonchev–Trinajstić information content (AvgIpc) is 3.32. The van der Waals surface area contributed by atoms with E-state index < -0.39 is 12.0 Å². The highest BCUT2D eigenvalue weighted by Gasteiger charge is 2.32. The van der Waals surface area contributed by atoms with Crippen molar-refractivity contribution in [2.45, 2.75) is 6.10 Å². The van der Waals surface area contributed by atoms with Crippen molar-refractivity contribution in [3.05, 3.63) is 48.4 Å². The topological polar surface area (TPSA) is 113 Å². The molecular weight excluding hydrogens is 392 g/mol. The molecule has 1 atom stereocenters. The molecule has 3 amide bonds. The number of nitrogens with one attached hydrogen (secondary N) is 2. The van der Waals surface area contributed by atoms with Gasteiger partial charge in [-0.2, -0.15) is 0 Å². The first-order valence-electron chi connectivity index (χ1n) is 9.62. The number of hydrogen-bond donors (Lipinski definition) is 2. The molecule has 0 spiro atoms. The van der Waals surface area contributed by atoms with Crippen molar-refractivity contribution < 1.29 is 28.3 Å². The first-order valence-corrected chi connectivity index (χ1v) is 9.62. The van der Waals surface area contributed by atoms with E-state index in [1.165, 1.54) is 12.3 Å². The average molecular weight is 414 g/mol. The van der Waals surface area contributed by atoms with Gasteiger partial charge < -0.3 is 18.8 Å². The molecule has 2 aliphatic heterocycles. The third-order valence-corrected chi connectivity index (χ3v) is 4.90. The summed E-state index contributed by atoms with van der Waals surface area (Å²) in [6.45, 7) is 2.31. The van der Waals surface area contributed by atoms with Crippen LogP contribution in [0.25, 0.3) is 0 Å². The third kappa shape index (κ3) is 4.54. The molecule has 1 aromatic carbocycles. The van der Waals surface area contributed by atoms with E-state index in [2.05, 4.69) is 10.9 Å². The van der Waals surface area contributed by atoms with Crippen molar-refractivity contribution in [3.63, 3.8) is 0 Å². The monoisotopic (exact) mass is 414 g/mol. The zero-order valence-electron chi connectivity index (χ0n) is 16.2. The molecule has 3 heterocycles. The molecule has 2 N–H and O–H groups in total. The van der Waals surface area contributed by atoms with Gasteiger partial charge in [0.15, 0.2) is 17.3 Å².